The summed E-state index contributed by atoms with van der Waals surface area (Å²) < 4.78 is 13.2. The van der Waals surface area contributed by atoms with Gasteiger partial charge in [-0.15, -0.1) is 11.8 Å². The Morgan fingerprint density at radius 3 is 2.71 bits per heavy atom. The van der Waals surface area contributed by atoms with Gasteiger partial charge in [0.1, 0.15) is 5.82 Å². The summed E-state index contributed by atoms with van der Waals surface area (Å²) in [5.41, 5.74) is 0.690. The van der Waals surface area contributed by atoms with Crippen LogP contribution in [-0.4, -0.2) is 41.9 Å². The third kappa shape index (κ3) is 5.26. The lowest BCUT2D eigenvalue weighted by Gasteiger charge is -2.20. The molecule has 2 amide bonds. The van der Waals surface area contributed by atoms with Gasteiger partial charge in [0.2, 0.25) is 0 Å². The Bertz CT molecular complexity index is 525. The number of nitrogens with one attached hydrogen (secondary N) is 1. The maximum absolute atomic E-state index is 13.2. The summed E-state index contributed by atoms with van der Waals surface area (Å²) >= 11 is 1.47. The average Bonchev–Trinajstić information content (AvgIpc) is 2.44. The summed E-state index contributed by atoms with van der Waals surface area (Å²) in [5.74, 6) is -1.95. The van der Waals surface area contributed by atoms with E-state index in [2.05, 4.69) is 5.32 Å². The summed E-state index contributed by atoms with van der Waals surface area (Å²) in [6, 6.07) is 4.03. The molecular formula is C14H19FN2O3S. The van der Waals surface area contributed by atoms with Crippen molar-refractivity contribution in [3.05, 3.63) is 29.6 Å². The first-order valence-corrected chi connectivity index (χ1v) is 7.61. The summed E-state index contributed by atoms with van der Waals surface area (Å²) in [6.45, 7) is 1.84. The molecule has 5 nitrogen and oxygen atoms in total. The maximum Gasteiger partial charge on any atom is 0.317 e. The molecule has 0 fully saturated rings. The second kappa shape index (κ2) is 7.87. The molecule has 1 aromatic rings. The van der Waals surface area contributed by atoms with Crippen molar-refractivity contribution in [2.45, 2.75) is 18.4 Å². The van der Waals surface area contributed by atoms with Gasteiger partial charge in [0.15, 0.2) is 0 Å². The van der Waals surface area contributed by atoms with Gasteiger partial charge in [-0.2, -0.15) is 0 Å². The standard InChI is InChI=1S/C14H19FN2O3S/c1-9(13(18)19)8-17(2)14(20)16-7-10-6-11(15)4-5-12(10)21-3/h4-6,9H,7-8H2,1-3H3,(H,16,20)(H,18,19). The number of nitrogens with zero attached hydrogens (tertiary/aromatic N) is 1. The molecule has 0 saturated heterocycles. The number of amides is 2. The molecule has 1 rings (SSSR count). The first-order valence-electron chi connectivity index (χ1n) is 6.39. The van der Waals surface area contributed by atoms with Crippen molar-refractivity contribution in [3.63, 3.8) is 0 Å². The van der Waals surface area contributed by atoms with Crippen LogP contribution in [0.1, 0.15) is 12.5 Å². The van der Waals surface area contributed by atoms with E-state index in [4.69, 9.17) is 5.11 Å². The molecular weight excluding hydrogens is 295 g/mol. The fourth-order valence-electron chi connectivity index (χ4n) is 1.76. The Kier molecular flexibility index (Phi) is 6.48. The van der Waals surface area contributed by atoms with Crippen LogP contribution >= 0.6 is 11.8 Å². The minimum Gasteiger partial charge on any atom is -0.481 e. The van der Waals surface area contributed by atoms with E-state index >= 15 is 0 Å². The Balaban J connectivity index is 2.60. The predicted molar refractivity (Wildman–Crippen MR) is 79.8 cm³/mol. The van der Waals surface area contributed by atoms with E-state index in [9.17, 15) is 14.0 Å². The van der Waals surface area contributed by atoms with Gasteiger partial charge in [0, 0.05) is 25.0 Å². The van der Waals surface area contributed by atoms with E-state index in [0.29, 0.717) is 5.56 Å². The molecule has 1 unspecified atom stereocenters. The number of carboxylic acids is 1. The van der Waals surface area contributed by atoms with Crippen LogP contribution in [0, 0.1) is 11.7 Å². The number of hydrogen-bond donors (Lipinski definition) is 2. The largest absolute Gasteiger partial charge is 0.481 e. The molecule has 116 valence electrons. The lowest BCUT2D eigenvalue weighted by Crippen LogP contribution is -2.40. The van der Waals surface area contributed by atoms with E-state index in [1.54, 1.807) is 6.07 Å². The predicted octanol–water partition coefficient (Wildman–Crippen LogP) is 2.41. The number of carboxylic acid groups (broad SMARTS) is 1. The van der Waals surface area contributed by atoms with Crippen LogP contribution in [0.5, 0.6) is 0 Å². The number of benzene rings is 1. The SMILES string of the molecule is CSc1ccc(F)cc1CNC(=O)N(C)CC(C)C(=O)O. The molecule has 0 aromatic heterocycles. The molecule has 0 aliphatic rings. The number of hydrogen-bond acceptors (Lipinski definition) is 3. The fraction of sp³-hybridized carbons (Fsp3) is 0.429. The van der Waals surface area contributed by atoms with Crippen molar-refractivity contribution in [2.24, 2.45) is 5.92 Å². The van der Waals surface area contributed by atoms with Gasteiger partial charge in [0.25, 0.3) is 0 Å². The summed E-state index contributed by atoms with van der Waals surface area (Å²) in [7, 11) is 1.52. The Hall–Kier alpha value is -1.76. The molecule has 21 heavy (non-hydrogen) atoms. The van der Waals surface area contributed by atoms with Crippen LogP contribution in [-0.2, 0) is 11.3 Å². The molecule has 0 aliphatic heterocycles. The lowest BCUT2D eigenvalue weighted by molar-refractivity contribution is -0.141. The topological polar surface area (TPSA) is 69.6 Å². The molecule has 0 bridgehead atoms. The maximum atomic E-state index is 13.2. The number of thioether (sulfide) groups is 1. The number of carbonyl (C=O) groups excluding carboxylic acids is 1. The quantitative estimate of drug-likeness (QED) is 0.791. The van der Waals surface area contributed by atoms with Gasteiger partial charge < -0.3 is 15.3 Å². The summed E-state index contributed by atoms with van der Waals surface area (Å²) in [6.07, 6.45) is 1.87. The van der Waals surface area contributed by atoms with Gasteiger partial charge in [-0.1, -0.05) is 6.92 Å². The molecule has 0 saturated carbocycles. The highest BCUT2D eigenvalue weighted by molar-refractivity contribution is 7.98. The zero-order chi connectivity index (χ0) is 16.0. The van der Waals surface area contributed by atoms with E-state index in [-0.39, 0.29) is 24.9 Å². The number of rotatable bonds is 6. The second-order valence-electron chi connectivity index (χ2n) is 4.73. The Morgan fingerprint density at radius 1 is 1.48 bits per heavy atom. The number of carbonyl (C=O) groups is 2. The molecule has 0 spiro atoms. The molecule has 0 heterocycles. The number of aliphatic carboxylic acids is 1. The van der Waals surface area contributed by atoms with Crippen molar-refractivity contribution in [1.82, 2.24) is 10.2 Å². The highest BCUT2D eigenvalue weighted by Gasteiger charge is 2.17. The van der Waals surface area contributed by atoms with E-state index in [0.717, 1.165) is 4.90 Å². The normalized spacial score (nSPS) is 11.8. The number of urea groups is 1. The van der Waals surface area contributed by atoms with Crippen LogP contribution in [0.2, 0.25) is 0 Å². The summed E-state index contributed by atoms with van der Waals surface area (Å²) in [4.78, 5) is 24.8. The zero-order valence-corrected chi connectivity index (χ0v) is 13.0. The minimum absolute atomic E-state index is 0.111. The lowest BCUT2D eigenvalue weighted by atomic mass is 10.2. The highest BCUT2D eigenvalue weighted by Crippen LogP contribution is 2.21. The van der Waals surface area contributed by atoms with Crippen molar-refractivity contribution in [1.29, 1.82) is 0 Å². The third-order valence-electron chi connectivity index (χ3n) is 2.99. The van der Waals surface area contributed by atoms with Gasteiger partial charge in [-0.25, -0.2) is 9.18 Å². The van der Waals surface area contributed by atoms with E-state index in [1.165, 1.54) is 42.8 Å². The Morgan fingerprint density at radius 2 is 2.14 bits per heavy atom. The minimum atomic E-state index is -0.954. The van der Waals surface area contributed by atoms with E-state index < -0.39 is 11.9 Å². The van der Waals surface area contributed by atoms with Crippen LogP contribution in [0.3, 0.4) is 0 Å². The van der Waals surface area contributed by atoms with Gasteiger partial charge in [0.05, 0.1) is 5.92 Å². The van der Waals surface area contributed by atoms with E-state index in [1.807, 2.05) is 6.26 Å². The highest BCUT2D eigenvalue weighted by atomic mass is 32.2. The third-order valence-corrected chi connectivity index (χ3v) is 3.83. The van der Waals surface area contributed by atoms with Crippen LogP contribution < -0.4 is 5.32 Å². The average molecular weight is 314 g/mol. The van der Waals surface area contributed by atoms with Crippen molar-refractivity contribution >= 4 is 23.8 Å². The van der Waals surface area contributed by atoms with Crippen LogP contribution in [0.25, 0.3) is 0 Å². The molecule has 0 aliphatic carbocycles. The van der Waals surface area contributed by atoms with Gasteiger partial charge >= 0.3 is 12.0 Å². The molecule has 2 N–H and O–H groups in total. The zero-order valence-electron chi connectivity index (χ0n) is 12.2. The monoisotopic (exact) mass is 314 g/mol. The second-order valence-corrected chi connectivity index (χ2v) is 5.58. The smallest absolute Gasteiger partial charge is 0.317 e. The summed E-state index contributed by atoms with van der Waals surface area (Å²) in [5, 5.41) is 11.5. The fourth-order valence-corrected chi connectivity index (χ4v) is 2.36. The molecule has 1 aromatic carbocycles. The molecule has 7 heteroatoms. The van der Waals surface area contributed by atoms with Crippen molar-refractivity contribution in [3.8, 4) is 0 Å². The molecule has 0 radical (unpaired) electrons. The van der Waals surface area contributed by atoms with Crippen LogP contribution in [0.4, 0.5) is 9.18 Å². The Labute approximate surface area is 127 Å². The van der Waals surface area contributed by atoms with Crippen molar-refractivity contribution < 1.29 is 19.1 Å². The first-order chi connectivity index (χ1) is 9.85. The van der Waals surface area contributed by atoms with Gasteiger partial charge in [-0.3, -0.25) is 4.79 Å². The van der Waals surface area contributed by atoms with Crippen molar-refractivity contribution in [2.75, 3.05) is 19.8 Å². The number of halogens is 1. The van der Waals surface area contributed by atoms with Gasteiger partial charge in [-0.05, 0) is 30.0 Å². The molecule has 1 atom stereocenters. The first kappa shape index (κ1) is 17.3. The van der Waals surface area contributed by atoms with Crippen LogP contribution in [0.15, 0.2) is 23.1 Å².